The average molecular weight is 344 g/mol. The second-order valence-corrected chi connectivity index (χ2v) is 0.924. The van der Waals surface area contributed by atoms with Gasteiger partial charge in [0.15, 0.2) is 0 Å². The molecule has 11 nitrogen and oxygen atoms in total. The van der Waals surface area contributed by atoms with Gasteiger partial charge in [0.1, 0.15) is 6.79 Å². The number of aliphatic hydroxyl groups excluding tert-OH is 1. The molecule has 4 N–H and O–H groups in total. The molecule has 0 saturated carbocycles. The van der Waals surface area contributed by atoms with Crippen molar-refractivity contribution in [1.29, 1.82) is 0 Å². The van der Waals surface area contributed by atoms with Crippen LogP contribution in [0.1, 0.15) is 0 Å². The van der Waals surface area contributed by atoms with Crippen LogP contribution in [0.4, 0.5) is 0 Å². The number of aliphatic hydroxyl groups is 1. The van der Waals surface area contributed by atoms with Crippen molar-refractivity contribution in [2.24, 2.45) is 0 Å². The maximum absolute atomic E-state index is 8.89. The van der Waals surface area contributed by atoms with Crippen molar-refractivity contribution < 1.29 is 114 Å². The largest absolute Gasteiger partial charge is 1.00 e. The number of rotatable bonds is 2. The van der Waals surface area contributed by atoms with Gasteiger partial charge < -0.3 is 26.0 Å². The molecule has 0 aliphatic heterocycles. The van der Waals surface area contributed by atoms with E-state index in [4.69, 9.17) is 30.5 Å². The molecule has 1 radical (unpaired) electrons. The van der Waals surface area contributed by atoms with Crippen molar-refractivity contribution >= 4 is 0 Å². The molecule has 16 heavy (non-hydrogen) atoms. The van der Waals surface area contributed by atoms with Gasteiger partial charge in [-0.3, -0.25) is 0 Å². The Morgan fingerprint density at radius 1 is 1.25 bits per heavy atom. The van der Waals surface area contributed by atoms with E-state index in [-0.39, 0.29) is 97.0 Å². The molecular formula is C3H10KN3O8Y-2. The van der Waals surface area contributed by atoms with E-state index < -0.39 is 10.2 Å². The van der Waals surface area contributed by atoms with Gasteiger partial charge in [0.05, 0.1) is 0 Å². The summed E-state index contributed by atoms with van der Waals surface area (Å²) < 4.78 is 3.85. The second-order valence-electron chi connectivity index (χ2n) is 0.924. The Labute approximate surface area is 159 Å². The summed E-state index contributed by atoms with van der Waals surface area (Å²) >= 11 is 0. The third-order valence-electron chi connectivity index (χ3n) is 0.197. The normalized spacial score (nSPS) is 5.44. The Balaban J connectivity index is -0.0000000216. The van der Waals surface area contributed by atoms with Crippen LogP contribution in [-0.4, -0.2) is 27.3 Å². The molecule has 0 aromatic heterocycles. The first-order valence-corrected chi connectivity index (χ1v) is 2.30. The van der Waals surface area contributed by atoms with E-state index in [9.17, 15) is 0 Å². The van der Waals surface area contributed by atoms with E-state index in [1.165, 1.54) is 0 Å². The summed E-state index contributed by atoms with van der Waals surface area (Å²) in [6, 6.07) is 0. The third kappa shape index (κ3) is 183. The Kier molecular flexibility index (Phi) is 80.9. The van der Waals surface area contributed by atoms with Crippen molar-refractivity contribution in [3.63, 3.8) is 0 Å². The molecule has 91 valence electrons. The molecule has 13 heteroatoms. The van der Waals surface area contributed by atoms with Gasteiger partial charge in [-0.15, -0.1) is 20.2 Å². The fourth-order valence-electron chi connectivity index (χ4n) is 0. The first-order valence-electron chi connectivity index (χ1n) is 2.30. The van der Waals surface area contributed by atoms with Crippen LogP contribution in [0.25, 0.3) is 6.15 Å². The minimum absolute atomic E-state index is 0. The molecule has 0 saturated heterocycles. The van der Waals surface area contributed by atoms with E-state index in [0.717, 1.165) is 0 Å². The van der Waals surface area contributed by atoms with Crippen LogP contribution in [0.15, 0.2) is 0 Å². The van der Waals surface area contributed by atoms with Gasteiger partial charge in [-0.25, -0.2) is 7.11 Å². The Morgan fingerprint density at radius 3 is 1.38 bits per heavy atom. The summed E-state index contributed by atoms with van der Waals surface area (Å²) in [6.45, 7) is -0.292. The monoisotopic (exact) mass is 344 g/mol. The van der Waals surface area contributed by atoms with Crippen molar-refractivity contribution in [1.82, 2.24) is 0 Å². The predicted molar refractivity (Wildman–Crippen MR) is 41.0 cm³/mol. The molecule has 0 rings (SSSR count). The maximum atomic E-state index is 8.89. The molecule has 0 aliphatic carbocycles. The molecule has 0 aliphatic rings. The standard InChI is InChI=1S/C2H5O2.CH2NO3.K.HNO3.H2N.Y/c1-4-2-3;1-5-2(3)4;;2-1(3)4;;/h3H,1-2H2;1H2;;(H,2,3,4);1H2;/q2*-1;+1;;-1;. The van der Waals surface area contributed by atoms with Crippen molar-refractivity contribution in [3.8, 4) is 0 Å². The van der Waals surface area contributed by atoms with Gasteiger partial charge in [0.25, 0.3) is 10.2 Å². The van der Waals surface area contributed by atoms with E-state index in [2.05, 4.69) is 23.8 Å². The third-order valence-corrected chi connectivity index (χ3v) is 0.197. The van der Waals surface area contributed by atoms with E-state index in [0.29, 0.717) is 0 Å². The molecule has 0 spiro atoms. The number of nitrogens with two attached hydrogens (primary N) is 1. The van der Waals surface area contributed by atoms with Crippen molar-refractivity contribution in [3.05, 3.63) is 40.6 Å². The summed E-state index contributed by atoms with van der Waals surface area (Å²) in [6.07, 6.45) is 0. The second kappa shape index (κ2) is 36.0. The summed E-state index contributed by atoms with van der Waals surface area (Å²) in [7, 11) is 5.34. The van der Waals surface area contributed by atoms with Crippen LogP contribution in [0.5, 0.6) is 0 Å². The topological polar surface area (TPSA) is 179 Å². The quantitative estimate of drug-likeness (QED) is 0.176. The van der Waals surface area contributed by atoms with E-state index in [1.54, 1.807) is 0 Å². The zero-order valence-corrected chi connectivity index (χ0v) is 14.5. The Bertz CT molecular complexity index is 134. The first-order chi connectivity index (χ1) is 5.92. The van der Waals surface area contributed by atoms with Crippen molar-refractivity contribution in [2.45, 2.75) is 0 Å². The Morgan fingerprint density at radius 2 is 1.38 bits per heavy atom. The number of nitrogens with zero attached hydrogens (tertiary/aromatic N) is 2. The molecule has 0 aromatic rings. The molecule has 0 fully saturated rings. The van der Waals surface area contributed by atoms with Crippen molar-refractivity contribution in [2.75, 3.05) is 6.79 Å². The SMILES string of the molecule is O=[N+]([O-])O.[CH2-]OCO.[CH2-]O[N+](=O)[O-].[K+].[NH2-].[Y]. The first kappa shape index (κ1) is 36.0. The van der Waals surface area contributed by atoms with Gasteiger partial charge >= 0.3 is 51.4 Å². The van der Waals surface area contributed by atoms with E-state index in [1.807, 2.05) is 0 Å². The predicted octanol–water partition coefficient (Wildman–Crippen LogP) is -2.90. The fraction of sp³-hybridized carbons (Fsp3) is 0.333. The smallest absolute Gasteiger partial charge is 0.693 e. The maximum Gasteiger partial charge on any atom is 1.00 e. The number of hydrogen-bond donors (Lipinski definition) is 2. The Hall–Kier alpha value is 1.02. The molecule has 0 atom stereocenters. The summed E-state index contributed by atoms with van der Waals surface area (Å²) in [4.78, 5) is 20.5. The van der Waals surface area contributed by atoms with Gasteiger partial charge in [-0.05, 0) is 0 Å². The van der Waals surface area contributed by atoms with Gasteiger partial charge in [-0.2, -0.15) is 7.11 Å². The number of hydrogen-bond acceptors (Lipinski definition) is 7. The van der Waals surface area contributed by atoms with Crippen LogP contribution in [-0.2, 0) is 42.3 Å². The van der Waals surface area contributed by atoms with E-state index >= 15 is 0 Å². The van der Waals surface area contributed by atoms with Crippen LogP contribution >= 0.6 is 0 Å². The molecule has 0 bridgehead atoms. The van der Waals surface area contributed by atoms with Crippen LogP contribution in [0.2, 0.25) is 0 Å². The average Bonchev–Trinajstić information content (AvgIpc) is 2.04. The van der Waals surface area contributed by atoms with Gasteiger partial charge in [0, 0.05) is 32.7 Å². The molecule has 0 unspecified atom stereocenters. The zero-order valence-electron chi connectivity index (χ0n) is 8.51. The summed E-state index contributed by atoms with van der Waals surface area (Å²) in [5.41, 5.74) is 0. The molecule has 0 heterocycles. The van der Waals surface area contributed by atoms with Gasteiger partial charge in [0.2, 0.25) is 0 Å². The zero-order chi connectivity index (χ0) is 11.3. The van der Waals surface area contributed by atoms with Gasteiger partial charge in [-0.1, -0.05) is 0 Å². The summed E-state index contributed by atoms with van der Waals surface area (Å²) in [5.74, 6) is 0. The van der Waals surface area contributed by atoms with Crippen LogP contribution in [0.3, 0.4) is 0 Å². The van der Waals surface area contributed by atoms with Crippen LogP contribution < -0.4 is 51.4 Å². The summed E-state index contributed by atoms with van der Waals surface area (Å²) in [5, 5.41) is 29.1. The molecule has 0 aromatic carbocycles. The minimum atomic E-state index is -1.50. The fourth-order valence-corrected chi connectivity index (χ4v) is 0. The number of ether oxygens (including phenoxy) is 1. The molecule has 0 amide bonds. The minimum Gasteiger partial charge on any atom is -0.693 e. The molecular weight excluding hydrogens is 334 g/mol. The van der Waals surface area contributed by atoms with Crippen LogP contribution in [0, 0.1) is 34.4 Å².